The maximum Gasteiger partial charge on any atom is 0.0768 e. The van der Waals surface area contributed by atoms with Crippen molar-refractivity contribution in [2.24, 2.45) is 0 Å². The van der Waals surface area contributed by atoms with Crippen LogP contribution in [-0.2, 0) is 0 Å². The lowest BCUT2D eigenvalue weighted by Crippen LogP contribution is -1.64. The van der Waals surface area contributed by atoms with Crippen molar-refractivity contribution < 1.29 is 0 Å². The standard InChI is InChI=1S/C10H10S/c1-2-3-4-5-7-10-8-6-9-11-10/h2,6,8-9H,1,3-4H2. The number of unbranched alkanes of at least 4 members (excludes halogenated alkanes) is 1. The fourth-order valence-electron chi connectivity index (χ4n) is 0.674. The zero-order valence-electron chi connectivity index (χ0n) is 6.34. The molecule has 0 aliphatic heterocycles. The Kier molecular flexibility index (Phi) is 3.51. The van der Waals surface area contributed by atoms with Crippen molar-refractivity contribution >= 4 is 11.3 Å². The first kappa shape index (κ1) is 8.10. The molecule has 0 fully saturated rings. The van der Waals surface area contributed by atoms with Crippen LogP contribution in [0.4, 0.5) is 0 Å². The second-order valence-electron chi connectivity index (χ2n) is 2.11. The van der Waals surface area contributed by atoms with Gasteiger partial charge in [0, 0.05) is 6.42 Å². The Morgan fingerprint density at radius 1 is 1.64 bits per heavy atom. The minimum absolute atomic E-state index is 0.918. The lowest BCUT2D eigenvalue weighted by atomic mass is 10.3. The average molecular weight is 162 g/mol. The number of allylic oxidation sites excluding steroid dienone is 1. The highest BCUT2D eigenvalue weighted by atomic mass is 32.1. The summed E-state index contributed by atoms with van der Waals surface area (Å²) >= 11 is 1.68. The highest BCUT2D eigenvalue weighted by Gasteiger charge is 1.82. The maximum absolute atomic E-state index is 3.63. The normalized spacial score (nSPS) is 8.36. The Morgan fingerprint density at radius 2 is 2.55 bits per heavy atom. The minimum atomic E-state index is 0.918. The average Bonchev–Trinajstić information content (AvgIpc) is 2.50. The van der Waals surface area contributed by atoms with Gasteiger partial charge in [0.1, 0.15) is 0 Å². The van der Waals surface area contributed by atoms with E-state index in [1.165, 1.54) is 0 Å². The summed E-state index contributed by atoms with van der Waals surface area (Å²) < 4.78 is 0. The second kappa shape index (κ2) is 4.76. The first-order valence-corrected chi connectivity index (χ1v) is 4.44. The van der Waals surface area contributed by atoms with Crippen LogP contribution in [0.3, 0.4) is 0 Å². The molecule has 0 spiro atoms. The fourth-order valence-corrected chi connectivity index (χ4v) is 1.27. The molecule has 1 rings (SSSR count). The summed E-state index contributed by atoms with van der Waals surface area (Å²) in [5.74, 6) is 6.16. The zero-order valence-corrected chi connectivity index (χ0v) is 7.16. The maximum atomic E-state index is 3.63. The van der Waals surface area contributed by atoms with Gasteiger partial charge in [-0.2, -0.15) is 0 Å². The highest BCUT2D eigenvalue weighted by molar-refractivity contribution is 7.10. The van der Waals surface area contributed by atoms with Crippen LogP contribution >= 0.6 is 11.3 Å². The van der Waals surface area contributed by atoms with Crippen LogP contribution in [-0.4, -0.2) is 0 Å². The molecule has 11 heavy (non-hydrogen) atoms. The van der Waals surface area contributed by atoms with Gasteiger partial charge in [0.15, 0.2) is 0 Å². The predicted molar refractivity (Wildman–Crippen MR) is 50.6 cm³/mol. The third-order valence-electron chi connectivity index (χ3n) is 1.21. The molecule has 0 aliphatic carbocycles. The van der Waals surface area contributed by atoms with Gasteiger partial charge >= 0.3 is 0 Å². The number of hydrogen-bond donors (Lipinski definition) is 0. The molecule has 0 saturated carbocycles. The molecule has 1 heterocycles. The molecule has 56 valence electrons. The van der Waals surface area contributed by atoms with Gasteiger partial charge in [-0.15, -0.1) is 17.9 Å². The van der Waals surface area contributed by atoms with Crippen molar-refractivity contribution in [1.82, 2.24) is 0 Å². The summed E-state index contributed by atoms with van der Waals surface area (Å²) in [7, 11) is 0. The molecule has 1 aromatic heterocycles. The molecule has 0 aromatic carbocycles. The Morgan fingerprint density at radius 3 is 3.18 bits per heavy atom. The van der Waals surface area contributed by atoms with E-state index in [0.717, 1.165) is 17.7 Å². The molecule has 1 aromatic rings. The van der Waals surface area contributed by atoms with Gasteiger partial charge in [0.05, 0.1) is 4.88 Å². The summed E-state index contributed by atoms with van der Waals surface area (Å²) in [6.07, 6.45) is 3.79. The molecular weight excluding hydrogens is 152 g/mol. The Bertz CT molecular complexity index is 259. The first-order chi connectivity index (χ1) is 5.43. The van der Waals surface area contributed by atoms with E-state index in [2.05, 4.69) is 18.4 Å². The summed E-state index contributed by atoms with van der Waals surface area (Å²) in [5, 5.41) is 2.04. The van der Waals surface area contributed by atoms with Crippen molar-refractivity contribution in [1.29, 1.82) is 0 Å². The summed E-state index contributed by atoms with van der Waals surface area (Å²) in [5.41, 5.74) is 0. The number of rotatable bonds is 2. The predicted octanol–water partition coefficient (Wildman–Crippen LogP) is 3.07. The van der Waals surface area contributed by atoms with E-state index >= 15 is 0 Å². The molecule has 0 radical (unpaired) electrons. The van der Waals surface area contributed by atoms with Gasteiger partial charge in [0.25, 0.3) is 0 Å². The van der Waals surface area contributed by atoms with Gasteiger partial charge in [-0.05, 0) is 17.9 Å². The molecule has 0 bridgehead atoms. The molecule has 0 atom stereocenters. The SMILES string of the molecule is C=CCCC#Cc1cccs1. The van der Waals surface area contributed by atoms with E-state index in [0.29, 0.717) is 0 Å². The van der Waals surface area contributed by atoms with Crippen LogP contribution in [0.15, 0.2) is 30.2 Å². The third-order valence-corrected chi connectivity index (χ3v) is 1.99. The number of thiophene rings is 1. The van der Waals surface area contributed by atoms with Crippen LogP contribution in [0, 0.1) is 11.8 Å². The van der Waals surface area contributed by atoms with Gasteiger partial charge in [0.2, 0.25) is 0 Å². The smallest absolute Gasteiger partial charge is 0.0768 e. The van der Waals surface area contributed by atoms with E-state index < -0.39 is 0 Å². The lowest BCUT2D eigenvalue weighted by Gasteiger charge is -1.79. The topological polar surface area (TPSA) is 0 Å². The van der Waals surface area contributed by atoms with Gasteiger partial charge in [-0.25, -0.2) is 0 Å². The zero-order chi connectivity index (χ0) is 7.94. The Labute approximate surface area is 71.6 Å². The minimum Gasteiger partial charge on any atom is -0.135 e. The Balaban J connectivity index is 2.39. The monoisotopic (exact) mass is 162 g/mol. The Hall–Kier alpha value is -1.000. The largest absolute Gasteiger partial charge is 0.135 e. The van der Waals surface area contributed by atoms with E-state index in [9.17, 15) is 0 Å². The van der Waals surface area contributed by atoms with Crippen LogP contribution in [0.1, 0.15) is 17.7 Å². The van der Waals surface area contributed by atoms with Crippen LogP contribution in [0.5, 0.6) is 0 Å². The van der Waals surface area contributed by atoms with Crippen molar-refractivity contribution in [3.8, 4) is 11.8 Å². The molecule has 0 nitrogen and oxygen atoms in total. The van der Waals surface area contributed by atoms with Crippen molar-refractivity contribution in [2.75, 3.05) is 0 Å². The first-order valence-electron chi connectivity index (χ1n) is 3.57. The summed E-state index contributed by atoms with van der Waals surface area (Å²) in [4.78, 5) is 1.15. The number of hydrogen-bond acceptors (Lipinski definition) is 1. The van der Waals surface area contributed by atoms with Crippen LogP contribution in [0.2, 0.25) is 0 Å². The van der Waals surface area contributed by atoms with Crippen LogP contribution in [0.25, 0.3) is 0 Å². The van der Waals surface area contributed by atoms with Crippen molar-refractivity contribution in [3.05, 3.63) is 35.0 Å². The van der Waals surface area contributed by atoms with Crippen molar-refractivity contribution in [2.45, 2.75) is 12.8 Å². The van der Waals surface area contributed by atoms with Gasteiger partial charge < -0.3 is 0 Å². The van der Waals surface area contributed by atoms with E-state index in [1.807, 2.05) is 23.6 Å². The molecule has 0 N–H and O–H groups in total. The third kappa shape index (κ3) is 3.06. The molecular formula is C10H10S. The summed E-state index contributed by atoms with van der Waals surface area (Å²) in [6.45, 7) is 3.63. The van der Waals surface area contributed by atoms with Crippen LogP contribution < -0.4 is 0 Å². The van der Waals surface area contributed by atoms with E-state index in [4.69, 9.17) is 0 Å². The second-order valence-corrected chi connectivity index (χ2v) is 3.05. The quantitative estimate of drug-likeness (QED) is 0.356. The summed E-state index contributed by atoms with van der Waals surface area (Å²) in [6, 6.07) is 4.05. The van der Waals surface area contributed by atoms with Crippen molar-refractivity contribution in [3.63, 3.8) is 0 Å². The van der Waals surface area contributed by atoms with Gasteiger partial charge in [-0.1, -0.05) is 24.0 Å². The molecule has 0 amide bonds. The fraction of sp³-hybridized carbons (Fsp3) is 0.200. The molecule has 1 heteroatoms. The van der Waals surface area contributed by atoms with E-state index in [1.54, 1.807) is 11.3 Å². The van der Waals surface area contributed by atoms with Gasteiger partial charge in [-0.3, -0.25) is 0 Å². The highest BCUT2D eigenvalue weighted by Crippen LogP contribution is 2.05. The molecule has 0 saturated heterocycles. The molecule has 0 unspecified atom stereocenters. The lowest BCUT2D eigenvalue weighted by molar-refractivity contribution is 1.09. The van der Waals surface area contributed by atoms with E-state index in [-0.39, 0.29) is 0 Å². The molecule has 0 aliphatic rings.